The Morgan fingerprint density at radius 1 is 1.53 bits per heavy atom. The predicted octanol–water partition coefficient (Wildman–Crippen LogP) is 2.19. The third-order valence-electron chi connectivity index (χ3n) is 3.10. The van der Waals surface area contributed by atoms with E-state index in [2.05, 4.69) is 6.92 Å². The van der Waals surface area contributed by atoms with Crippen molar-refractivity contribution in [3.8, 4) is 5.75 Å². The van der Waals surface area contributed by atoms with Gasteiger partial charge in [-0.1, -0.05) is 19.1 Å². The van der Waals surface area contributed by atoms with Crippen molar-refractivity contribution in [1.29, 1.82) is 0 Å². The van der Waals surface area contributed by atoms with Gasteiger partial charge in [0.15, 0.2) is 0 Å². The van der Waals surface area contributed by atoms with Crippen LogP contribution in [0.3, 0.4) is 0 Å². The molecule has 2 atom stereocenters. The molecule has 2 rings (SSSR count). The molecule has 1 aliphatic rings. The van der Waals surface area contributed by atoms with E-state index in [-0.39, 0.29) is 11.7 Å². The van der Waals surface area contributed by atoms with E-state index in [1.54, 1.807) is 18.2 Å². The van der Waals surface area contributed by atoms with Crippen LogP contribution in [0.15, 0.2) is 24.3 Å². The Bertz CT molecular complexity index is 400. The average molecular weight is 236 g/mol. The molecule has 17 heavy (non-hydrogen) atoms. The van der Waals surface area contributed by atoms with Gasteiger partial charge in [0.25, 0.3) is 0 Å². The van der Waals surface area contributed by atoms with Crippen LogP contribution in [0.5, 0.6) is 5.75 Å². The highest BCUT2D eigenvalue weighted by atomic mass is 16.5. The van der Waals surface area contributed by atoms with Gasteiger partial charge in [-0.3, -0.25) is 0 Å². The molecule has 0 radical (unpaired) electrons. The number of aromatic carboxylic acids is 1. The maximum Gasteiger partial charge on any atom is 0.339 e. The molecule has 2 unspecified atom stereocenters. The number of para-hydroxylation sites is 1. The average Bonchev–Trinajstić information content (AvgIpc) is 2.29. The summed E-state index contributed by atoms with van der Waals surface area (Å²) in [6, 6.07) is 6.66. The lowest BCUT2D eigenvalue weighted by Gasteiger charge is -2.35. The van der Waals surface area contributed by atoms with E-state index in [0.29, 0.717) is 18.3 Å². The van der Waals surface area contributed by atoms with Crippen molar-refractivity contribution in [2.24, 2.45) is 5.92 Å². The van der Waals surface area contributed by atoms with Gasteiger partial charge in [-0.2, -0.15) is 0 Å². The summed E-state index contributed by atoms with van der Waals surface area (Å²) in [7, 11) is 0. The number of benzene rings is 1. The van der Waals surface area contributed by atoms with Crippen molar-refractivity contribution in [2.45, 2.75) is 19.4 Å². The van der Waals surface area contributed by atoms with Crippen LogP contribution in [0.2, 0.25) is 0 Å². The fourth-order valence-electron chi connectivity index (χ4n) is 1.87. The highest BCUT2D eigenvalue weighted by molar-refractivity contribution is 5.90. The fraction of sp³-hybridized carbons (Fsp3) is 0.462. The Balaban J connectivity index is 1.97. The van der Waals surface area contributed by atoms with Gasteiger partial charge >= 0.3 is 5.97 Å². The minimum atomic E-state index is -0.970. The summed E-state index contributed by atoms with van der Waals surface area (Å²) in [5.41, 5.74) is 0.194. The molecule has 0 bridgehead atoms. The number of carboxylic acids is 1. The summed E-state index contributed by atoms with van der Waals surface area (Å²) >= 11 is 0. The molecule has 1 aliphatic heterocycles. The first-order chi connectivity index (χ1) is 8.22. The zero-order valence-corrected chi connectivity index (χ0v) is 9.76. The summed E-state index contributed by atoms with van der Waals surface area (Å²) in [5.74, 6) is -0.0282. The second kappa shape index (κ2) is 5.19. The SMILES string of the molecule is CCC1COC1COc1ccccc1C(=O)O. The van der Waals surface area contributed by atoms with Crippen molar-refractivity contribution < 1.29 is 19.4 Å². The van der Waals surface area contributed by atoms with Crippen LogP contribution in [-0.2, 0) is 4.74 Å². The normalized spacial score (nSPS) is 22.9. The Kier molecular flexibility index (Phi) is 3.64. The molecule has 92 valence electrons. The molecule has 0 aromatic heterocycles. The second-order valence-electron chi connectivity index (χ2n) is 4.15. The molecule has 0 saturated carbocycles. The summed E-state index contributed by atoms with van der Waals surface area (Å²) in [6.07, 6.45) is 1.16. The van der Waals surface area contributed by atoms with E-state index in [9.17, 15) is 4.79 Å². The quantitative estimate of drug-likeness (QED) is 0.851. The first-order valence-electron chi connectivity index (χ1n) is 5.79. The van der Waals surface area contributed by atoms with Gasteiger partial charge in [-0.05, 0) is 18.6 Å². The van der Waals surface area contributed by atoms with Crippen LogP contribution < -0.4 is 4.74 Å². The first kappa shape index (κ1) is 11.9. The van der Waals surface area contributed by atoms with Gasteiger partial charge in [0, 0.05) is 5.92 Å². The summed E-state index contributed by atoms with van der Waals surface area (Å²) in [4.78, 5) is 11.0. The molecule has 1 heterocycles. The van der Waals surface area contributed by atoms with Gasteiger partial charge in [-0.15, -0.1) is 0 Å². The van der Waals surface area contributed by atoms with Gasteiger partial charge in [0.2, 0.25) is 0 Å². The molecule has 1 N–H and O–H groups in total. The van der Waals surface area contributed by atoms with E-state index in [4.69, 9.17) is 14.6 Å². The second-order valence-corrected chi connectivity index (χ2v) is 4.15. The smallest absolute Gasteiger partial charge is 0.339 e. The van der Waals surface area contributed by atoms with Gasteiger partial charge in [0.05, 0.1) is 12.7 Å². The third kappa shape index (κ3) is 2.58. The van der Waals surface area contributed by atoms with Crippen molar-refractivity contribution in [1.82, 2.24) is 0 Å². The van der Waals surface area contributed by atoms with Crippen LogP contribution in [0, 0.1) is 5.92 Å². The van der Waals surface area contributed by atoms with Crippen LogP contribution in [0.1, 0.15) is 23.7 Å². The lowest BCUT2D eigenvalue weighted by molar-refractivity contribution is -0.131. The molecule has 4 nitrogen and oxygen atoms in total. The van der Waals surface area contributed by atoms with Gasteiger partial charge < -0.3 is 14.6 Å². The zero-order valence-electron chi connectivity index (χ0n) is 9.76. The third-order valence-corrected chi connectivity index (χ3v) is 3.10. The number of hydrogen-bond acceptors (Lipinski definition) is 3. The molecule has 0 amide bonds. The molecular formula is C13H16O4. The standard InChI is InChI=1S/C13H16O4/c1-2-9-7-16-12(9)8-17-11-6-4-3-5-10(11)13(14)15/h3-6,9,12H,2,7-8H2,1H3,(H,14,15). The minimum absolute atomic E-state index is 0.0989. The summed E-state index contributed by atoms with van der Waals surface area (Å²) in [5, 5.41) is 8.99. The number of carboxylic acid groups (broad SMARTS) is 1. The summed E-state index contributed by atoms with van der Waals surface area (Å²) < 4.78 is 10.9. The highest BCUT2D eigenvalue weighted by Crippen LogP contribution is 2.25. The van der Waals surface area contributed by atoms with E-state index in [1.165, 1.54) is 6.07 Å². The van der Waals surface area contributed by atoms with E-state index >= 15 is 0 Å². The van der Waals surface area contributed by atoms with Crippen LogP contribution in [0.4, 0.5) is 0 Å². The first-order valence-corrected chi connectivity index (χ1v) is 5.79. The van der Waals surface area contributed by atoms with Crippen molar-refractivity contribution in [3.63, 3.8) is 0 Å². The van der Waals surface area contributed by atoms with E-state index < -0.39 is 5.97 Å². The van der Waals surface area contributed by atoms with Crippen LogP contribution >= 0.6 is 0 Å². The Hall–Kier alpha value is -1.55. The lowest BCUT2D eigenvalue weighted by Crippen LogP contribution is -2.43. The molecule has 1 saturated heterocycles. The molecule has 0 spiro atoms. The monoisotopic (exact) mass is 236 g/mol. The van der Waals surface area contributed by atoms with E-state index in [0.717, 1.165) is 13.0 Å². The van der Waals surface area contributed by atoms with Gasteiger partial charge in [0.1, 0.15) is 17.9 Å². The fourth-order valence-corrected chi connectivity index (χ4v) is 1.87. The largest absolute Gasteiger partial charge is 0.490 e. The molecular weight excluding hydrogens is 220 g/mol. The Morgan fingerprint density at radius 3 is 2.88 bits per heavy atom. The molecule has 1 aromatic carbocycles. The maximum absolute atomic E-state index is 11.0. The summed E-state index contributed by atoms with van der Waals surface area (Å²) in [6.45, 7) is 3.32. The molecule has 1 aromatic rings. The molecule has 1 fully saturated rings. The van der Waals surface area contributed by atoms with Gasteiger partial charge in [-0.25, -0.2) is 4.79 Å². The topological polar surface area (TPSA) is 55.8 Å². The predicted molar refractivity (Wildman–Crippen MR) is 62.4 cm³/mol. The molecule has 4 heteroatoms. The number of carbonyl (C=O) groups is 1. The zero-order chi connectivity index (χ0) is 12.3. The van der Waals surface area contributed by atoms with Crippen molar-refractivity contribution >= 4 is 5.97 Å². The minimum Gasteiger partial charge on any atom is -0.490 e. The lowest BCUT2D eigenvalue weighted by atomic mass is 9.96. The van der Waals surface area contributed by atoms with Crippen molar-refractivity contribution in [3.05, 3.63) is 29.8 Å². The van der Waals surface area contributed by atoms with Crippen molar-refractivity contribution in [2.75, 3.05) is 13.2 Å². The highest BCUT2D eigenvalue weighted by Gasteiger charge is 2.31. The van der Waals surface area contributed by atoms with E-state index in [1.807, 2.05) is 0 Å². The number of ether oxygens (including phenoxy) is 2. The number of hydrogen-bond donors (Lipinski definition) is 1. The number of rotatable bonds is 5. The Morgan fingerprint density at radius 2 is 2.29 bits per heavy atom. The molecule has 0 aliphatic carbocycles. The maximum atomic E-state index is 11.0. The Labute approximate surface area is 100 Å². The van der Waals surface area contributed by atoms with Crippen LogP contribution in [0.25, 0.3) is 0 Å². The van der Waals surface area contributed by atoms with Crippen LogP contribution in [-0.4, -0.2) is 30.4 Å².